The number of para-hydroxylation sites is 3. The van der Waals surface area contributed by atoms with Gasteiger partial charge < -0.3 is 100 Å². The second kappa shape index (κ2) is 23.7. The zero-order valence-corrected chi connectivity index (χ0v) is 38.5. The van der Waals surface area contributed by atoms with Gasteiger partial charge >= 0.3 is 0 Å². The summed E-state index contributed by atoms with van der Waals surface area (Å²) >= 11 is 0. The monoisotopic (exact) mass is 1020 g/mol. The molecule has 0 amide bonds. The van der Waals surface area contributed by atoms with Gasteiger partial charge in [-0.15, -0.1) is 0 Å². The third-order valence-corrected chi connectivity index (χ3v) is 11.6. The number of hydrogen-bond donors (Lipinski definition) is 0. The molecule has 3 saturated heterocycles. The number of benzene rings is 3. The number of anilines is 3. The van der Waals surface area contributed by atoms with Gasteiger partial charge in [-0.1, -0.05) is 61.5 Å². The molecule has 0 aliphatic carbocycles. The Balaban J connectivity index is 0.000000364. The number of rotatable bonds is 8. The lowest BCUT2D eigenvalue weighted by Gasteiger charge is -2.44. The molecule has 6 rings (SSSR count). The van der Waals surface area contributed by atoms with Crippen LogP contribution in [-0.2, 0) is 0 Å². The first kappa shape index (κ1) is 47.2. The minimum atomic E-state index is 0. The topological polar surface area (TPSA) is 9.72 Å². The van der Waals surface area contributed by atoms with Crippen LogP contribution in [-0.4, -0.2) is 132 Å². The van der Waals surface area contributed by atoms with E-state index in [4.69, 9.17) is 0 Å². The van der Waals surface area contributed by atoms with Crippen molar-refractivity contribution in [1.82, 2.24) is 0 Å². The molecule has 282 valence electrons. The molecule has 3 aliphatic heterocycles. The molecule has 0 saturated carbocycles. The minimum Gasteiger partial charge on any atom is -1.00 e. The molecule has 0 atom stereocenters. The molecule has 3 aromatic rings. The van der Waals surface area contributed by atoms with Crippen molar-refractivity contribution in [2.24, 2.45) is 0 Å². The van der Waals surface area contributed by atoms with Crippen molar-refractivity contribution in [3.8, 4) is 0 Å². The maximum Gasteiger partial charge on any atom is 0.0965 e. The number of halogens is 3. The van der Waals surface area contributed by atoms with Crippen molar-refractivity contribution in [3.05, 3.63) is 91.0 Å². The van der Waals surface area contributed by atoms with Crippen LogP contribution in [0, 0.1) is 0 Å². The van der Waals surface area contributed by atoms with Crippen molar-refractivity contribution < 1.29 is 85.4 Å². The first-order valence-corrected chi connectivity index (χ1v) is 18.7. The Labute approximate surface area is 358 Å². The van der Waals surface area contributed by atoms with Crippen LogP contribution in [0.3, 0.4) is 0 Å². The molecule has 3 fully saturated rings. The Bertz CT molecular complexity index is 1250. The number of hydrogen-bond acceptors (Lipinski definition) is 3. The maximum atomic E-state index is 2.52. The molecule has 0 radical (unpaired) electrons. The van der Waals surface area contributed by atoms with E-state index in [-0.39, 0.29) is 71.9 Å². The van der Waals surface area contributed by atoms with Crippen LogP contribution in [0.2, 0.25) is 0 Å². The summed E-state index contributed by atoms with van der Waals surface area (Å²) in [6.45, 7) is 29.2. The SMILES string of the molecule is CCC[N+]1(C)CCN(c2ccccc2)CC1.CC[N+]1(C)CCN(c2ccccc2)CC1.CC[N+]1(CC)CCN(c2ccccc2)CC1.[I-].[I-].[I-]. The number of piperazine rings is 3. The van der Waals surface area contributed by atoms with Gasteiger partial charge in [0.1, 0.15) is 0 Å². The second-order valence-corrected chi connectivity index (χ2v) is 14.6. The first-order chi connectivity index (χ1) is 22.8. The molecular weight excluding hydrogens is 957 g/mol. The molecule has 3 heterocycles. The molecule has 9 heteroatoms. The van der Waals surface area contributed by atoms with Gasteiger partial charge in [0, 0.05) is 17.1 Å². The van der Waals surface area contributed by atoms with Crippen LogP contribution in [0.1, 0.15) is 34.1 Å². The zero-order valence-electron chi connectivity index (χ0n) is 32.0. The fourth-order valence-electron chi connectivity index (χ4n) is 7.41. The van der Waals surface area contributed by atoms with E-state index < -0.39 is 0 Å². The fourth-order valence-corrected chi connectivity index (χ4v) is 7.41. The van der Waals surface area contributed by atoms with Crippen LogP contribution >= 0.6 is 0 Å². The summed E-state index contributed by atoms with van der Waals surface area (Å²) in [5, 5.41) is 0. The third kappa shape index (κ3) is 14.2. The fraction of sp³-hybridized carbons (Fsp3) is 0.561. The van der Waals surface area contributed by atoms with E-state index in [9.17, 15) is 0 Å². The van der Waals surface area contributed by atoms with Crippen LogP contribution in [0.25, 0.3) is 0 Å². The highest BCUT2D eigenvalue weighted by Gasteiger charge is 2.30. The summed E-state index contributed by atoms with van der Waals surface area (Å²) in [7, 11) is 4.76. The highest BCUT2D eigenvalue weighted by Crippen LogP contribution is 2.21. The highest BCUT2D eigenvalue weighted by molar-refractivity contribution is 5.47. The van der Waals surface area contributed by atoms with Crippen LogP contribution in [0.4, 0.5) is 17.1 Å². The normalized spacial score (nSPS) is 18.7. The Morgan fingerprint density at radius 3 is 1.00 bits per heavy atom. The van der Waals surface area contributed by atoms with E-state index in [0.717, 1.165) is 0 Å². The summed E-state index contributed by atoms with van der Waals surface area (Å²) in [6.07, 6.45) is 1.29. The molecule has 3 aromatic carbocycles. The lowest BCUT2D eigenvalue weighted by Crippen LogP contribution is -3.00. The lowest BCUT2D eigenvalue weighted by atomic mass is 10.2. The molecule has 0 unspecified atom stereocenters. The van der Waals surface area contributed by atoms with Crippen molar-refractivity contribution in [2.45, 2.75) is 34.1 Å². The van der Waals surface area contributed by atoms with Crippen molar-refractivity contribution in [3.63, 3.8) is 0 Å². The number of likely N-dealkylation sites (N-methyl/N-ethyl adjacent to an activating group) is 3. The summed E-state index contributed by atoms with van der Waals surface area (Å²) in [5.41, 5.74) is 4.14. The average molecular weight is 1020 g/mol. The predicted molar refractivity (Wildman–Crippen MR) is 205 cm³/mol. The second-order valence-electron chi connectivity index (χ2n) is 14.6. The molecule has 0 aromatic heterocycles. The van der Waals surface area contributed by atoms with E-state index in [2.05, 4.69) is 147 Å². The molecule has 50 heavy (non-hydrogen) atoms. The Morgan fingerprint density at radius 2 is 0.720 bits per heavy atom. The Morgan fingerprint density at radius 1 is 0.420 bits per heavy atom. The highest BCUT2D eigenvalue weighted by atomic mass is 127. The van der Waals surface area contributed by atoms with Crippen molar-refractivity contribution in [2.75, 3.05) is 134 Å². The van der Waals surface area contributed by atoms with Crippen LogP contribution in [0.15, 0.2) is 91.0 Å². The van der Waals surface area contributed by atoms with Crippen molar-refractivity contribution in [1.29, 1.82) is 0 Å². The van der Waals surface area contributed by atoms with E-state index in [1.807, 2.05) is 0 Å². The standard InChI is InChI=1S/2C14H23N2.C13H21N2.3HI/c1-3-11-16(2)12-9-15(10-13-16)14-7-5-4-6-8-14;1-3-16(4-2)12-10-15(11-13-16)14-8-6-5-7-9-14;1-3-15(2)11-9-14(10-12-15)13-7-5-4-6-8-13;;;/h4-8H,3,9-13H2,1-2H3;5-9H,3-4,10-13H2,1-2H3;4-8H,3,9-12H2,1-2H3;3*1H/q3*+1;;;/p-3. The molecule has 0 spiro atoms. The van der Waals surface area contributed by atoms with Gasteiger partial charge in [0.2, 0.25) is 0 Å². The van der Waals surface area contributed by atoms with Gasteiger partial charge in [0.15, 0.2) is 0 Å². The summed E-state index contributed by atoms with van der Waals surface area (Å²) < 4.78 is 3.77. The Hall–Kier alpha value is -0.870. The average Bonchev–Trinajstić information content (AvgIpc) is 3.14. The van der Waals surface area contributed by atoms with Gasteiger partial charge in [-0.3, -0.25) is 0 Å². The predicted octanol–water partition coefficient (Wildman–Crippen LogP) is -2.29. The van der Waals surface area contributed by atoms with Gasteiger partial charge in [0.25, 0.3) is 0 Å². The van der Waals surface area contributed by atoms with E-state index >= 15 is 0 Å². The van der Waals surface area contributed by atoms with Crippen LogP contribution in [0.5, 0.6) is 0 Å². The first-order valence-electron chi connectivity index (χ1n) is 18.7. The summed E-state index contributed by atoms with van der Waals surface area (Å²) in [6, 6.07) is 32.3. The van der Waals surface area contributed by atoms with Gasteiger partial charge in [-0.25, -0.2) is 0 Å². The number of nitrogens with zero attached hydrogens (tertiary/aromatic N) is 6. The molecule has 6 nitrogen and oxygen atoms in total. The number of quaternary nitrogens is 3. The van der Waals surface area contributed by atoms with Crippen molar-refractivity contribution >= 4 is 17.1 Å². The largest absolute Gasteiger partial charge is 1.00 e. The van der Waals surface area contributed by atoms with Gasteiger partial charge in [-0.05, 0) is 63.6 Å². The maximum absolute atomic E-state index is 2.52. The van der Waals surface area contributed by atoms with Gasteiger partial charge in [0.05, 0.1) is 119 Å². The molecule has 0 bridgehead atoms. The molecule has 0 N–H and O–H groups in total. The van der Waals surface area contributed by atoms with E-state index in [0.29, 0.717) is 0 Å². The van der Waals surface area contributed by atoms with E-state index in [1.165, 1.54) is 142 Å². The molecule has 3 aliphatic rings. The zero-order chi connectivity index (χ0) is 33.6. The Kier molecular flexibility index (Phi) is 22.4. The van der Waals surface area contributed by atoms with Gasteiger partial charge in [-0.2, -0.15) is 0 Å². The minimum absolute atomic E-state index is 0. The lowest BCUT2D eigenvalue weighted by molar-refractivity contribution is -0.925. The third-order valence-electron chi connectivity index (χ3n) is 11.6. The van der Waals surface area contributed by atoms with E-state index in [1.54, 1.807) is 0 Å². The smallest absolute Gasteiger partial charge is 0.0965 e. The summed E-state index contributed by atoms with van der Waals surface area (Å²) in [4.78, 5) is 7.52. The molecular formula is C41H67I3N6. The summed E-state index contributed by atoms with van der Waals surface area (Å²) in [5.74, 6) is 0. The quantitative estimate of drug-likeness (QED) is 0.186. The van der Waals surface area contributed by atoms with Crippen LogP contribution < -0.4 is 86.6 Å².